The molecule has 1 aromatic carbocycles. The first kappa shape index (κ1) is 18.3. The van der Waals surface area contributed by atoms with Gasteiger partial charge in [-0.05, 0) is 69.8 Å². The minimum absolute atomic E-state index is 0.180. The third-order valence-electron chi connectivity index (χ3n) is 4.73. The monoisotopic (exact) mass is 346 g/mol. The van der Waals surface area contributed by atoms with Gasteiger partial charge in [-0.2, -0.15) is 11.3 Å². The number of benzene rings is 1. The average Bonchev–Trinajstić information content (AvgIpc) is 2.80. The van der Waals surface area contributed by atoms with Crippen molar-refractivity contribution >= 4 is 25.4 Å². The van der Waals surface area contributed by atoms with E-state index in [1.807, 2.05) is 11.3 Å². The van der Waals surface area contributed by atoms with Crippen LogP contribution in [0.4, 0.5) is 0 Å². The molecule has 0 aliphatic carbocycles. The Morgan fingerprint density at radius 1 is 1.04 bits per heavy atom. The Morgan fingerprint density at radius 3 is 2.04 bits per heavy atom. The smallest absolute Gasteiger partial charge is 0.122 e. The molecule has 2 rings (SSSR count). The Balaban J connectivity index is 2.14. The highest BCUT2D eigenvalue weighted by Gasteiger charge is 2.15. The van der Waals surface area contributed by atoms with Gasteiger partial charge in [0.05, 0.1) is 9.52 Å². The van der Waals surface area contributed by atoms with Crippen LogP contribution in [0.3, 0.4) is 0 Å². The highest BCUT2D eigenvalue weighted by Crippen LogP contribution is 2.35. The molecule has 0 bridgehead atoms. The van der Waals surface area contributed by atoms with Gasteiger partial charge in [-0.3, -0.25) is 0 Å². The lowest BCUT2D eigenvalue weighted by Crippen LogP contribution is -2.13. The van der Waals surface area contributed by atoms with Crippen LogP contribution in [0.2, 0.25) is 6.04 Å². The first-order valence-corrected chi connectivity index (χ1v) is 11.3. The highest BCUT2D eigenvalue weighted by atomic mass is 32.1. The van der Waals surface area contributed by atoms with Gasteiger partial charge in [-0.25, -0.2) is 0 Å². The number of aryl methyl sites for hydroxylation is 2. The quantitative estimate of drug-likeness (QED) is 0.747. The third kappa shape index (κ3) is 4.27. The van der Waals surface area contributed by atoms with Crippen LogP contribution < -0.4 is 4.50 Å². The fourth-order valence-electron chi connectivity index (χ4n) is 3.02. The molecule has 0 aliphatic heterocycles. The van der Waals surface area contributed by atoms with E-state index >= 15 is 0 Å². The van der Waals surface area contributed by atoms with Crippen LogP contribution in [-0.2, 0) is 6.42 Å². The lowest BCUT2D eigenvalue weighted by molar-refractivity contribution is 0.454. The number of phenolic OH excluding ortho intramolecular Hbond substituents is 1. The van der Waals surface area contributed by atoms with E-state index in [0.29, 0.717) is 17.6 Å². The largest absolute Gasteiger partial charge is 0.507 e. The Hall–Kier alpha value is -1.06. The van der Waals surface area contributed by atoms with Crippen molar-refractivity contribution in [1.29, 1.82) is 0 Å². The first-order chi connectivity index (χ1) is 10.8. The topological polar surface area (TPSA) is 20.2 Å². The molecule has 126 valence electrons. The molecule has 23 heavy (non-hydrogen) atoms. The predicted octanol–water partition coefficient (Wildman–Crippen LogP) is 4.77. The number of thiophene rings is 1. The maximum Gasteiger partial charge on any atom is 0.122 e. The summed E-state index contributed by atoms with van der Waals surface area (Å²) >= 11 is 1.95. The molecule has 1 N–H and O–H groups in total. The first-order valence-electron chi connectivity index (χ1n) is 8.70. The van der Waals surface area contributed by atoms with Gasteiger partial charge >= 0.3 is 0 Å². The van der Waals surface area contributed by atoms with Crippen LogP contribution in [0, 0.1) is 13.8 Å². The van der Waals surface area contributed by atoms with Gasteiger partial charge in [0.1, 0.15) is 5.75 Å². The van der Waals surface area contributed by atoms with Crippen LogP contribution in [0.15, 0.2) is 17.5 Å². The fraction of sp³-hybridized carbons (Fsp3) is 0.500. The molecular formula is C20H30OSSi. The molecule has 1 nitrogen and oxygen atoms in total. The second-order valence-electron chi connectivity index (χ2n) is 7.25. The molecule has 0 spiro atoms. The number of hydrogen-bond donors (Lipinski definition) is 1. The molecule has 0 radical (unpaired) electrons. The molecule has 2 aromatic rings. The molecule has 0 saturated carbocycles. The van der Waals surface area contributed by atoms with Gasteiger partial charge in [0.25, 0.3) is 0 Å². The molecule has 3 heteroatoms. The van der Waals surface area contributed by atoms with Crippen LogP contribution in [0.1, 0.15) is 67.3 Å². The second-order valence-corrected chi connectivity index (χ2v) is 10.6. The average molecular weight is 347 g/mol. The molecule has 1 heterocycles. The Kier molecular flexibility index (Phi) is 6.10. The van der Waals surface area contributed by atoms with Gasteiger partial charge in [-0.15, -0.1) is 0 Å². The van der Waals surface area contributed by atoms with Crippen LogP contribution in [-0.4, -0.2) is 14.6 Å². The number of aromatic hydroxyl groups is 1. The van der Waals surface area contributed by atoms with Gasteiger partial charge in [0, 0.05) is 0 Å². The Morgan fingerprint density at radius 2 is 1.61 bits per heavy atom. The van der Waals surface area contributed by atoms with Crippen molar-refractivity contribution in [2.45, 2.75) is 65.8 Å². The molecule has 0 atom stereocenters. The molecule has 0 saturated heterocycles. The van der Waals surface area contributed by atoms with Gasteiger partial charge in [0.15, 0.2) is 0 Å². The third-order valence-corrected chi connectivity index (χ3v) is 8.60. The summed E-state index contributed by atoms with van der Waals surface area (Å²) in [5.41, 5.74) is 6.59. The van der Waals surface area contributed by atoms with Crippen molar-refractivity contribution < 1.29 is 5.11 Å². The summed E-state index contributed by atoms with van der Waals surface area (Å²) in [5, 5.41) is 12.8. The lowest BCUT2D eigenvalue weighted by atomic mass is 9.91. The zero-order valence-electron chi connectivity index (χ0n) is 15.4. The number of hydrogen-bond acceptors (Lipinski definition) is 2. The van der Waals surface area contributed by atoms with E-state index in [-0.39, 0.29) is 9.52 Å². The maximum absolute atomic E-state index is 10.5. The standard InChI is InChI=1S/C20H30OSSi/c1-12(2)17-9-16(10-18(13(3)4)19(17)21)7-8-23-20-15(6)14(5)11-22-20/h9-13,21H,7-8,23H2,1-6H3. The molecule has 0 unspecified atom stereocenters. The Bertz CT molecular complexity index is 641. The predicted molar refractivity (Wildman–Crippen MR) is 107 cm³/mol. The van der Waals surface area contributed by atoms with E-state index in [1.54, 1.807) is 4.50 Å². The van der Waals surface area contributed by atoms with E-state index in [9.17, 15) is 5.11 Å². The van der Waals surface area contributed by atoms with Crippen molar-refractivity contribution in [3.05, 3.63) is 45.3 Å². The zero-order valence-corrected chi connectivity index (χ0v) is 17.6. The van der Waals surface area contributed by atoms with E-state index in [4.69, 9.17) is 0 Å². The molecular weight excluding hydrogens is 316 g/mol. The lowest BCUT2D eigenvalue weighted by Gasteiger charge is -2.17. The minimum atomic E-state index is -0.180. The number of phenols is 1. The van der Waals surface area contributed by atoms with E-state index in [0.717, 1.165) is 17.5 Å². The normalized spacial score (nSPS) is 12.2. The van der Waals surface area contributed by atoms with Crippen molar-refractivity contribution in [1.82, 2.24) is 0 Å². The summed E-state index contributed by atoms with van der Waals surface area (Å²) < 4.78 is 1.66. The van der Waals surface area contributed by atoms with Crippen molar-refractivity contribution in [2.75, 3.05) is 0 Å². The molecule has 0 aliphatic rings. The summed E-state index contributed by atoms with van der Waals surface area (Å²) in [6.45, 7) is 13.1. The van der Waals surface area contributed by atoms with Crippen LogP contribution >= 0.6 is 11.3 Å². The Labute approximate surface area is 147 Å². The molecule has 0 fully saturated rings. The molecule has 0 amide bonds. The van der Waals surface area contributed by atoms with Crippen LogP contribution in [0.25, 0.3) is 0 Å². The van der Waals surface area contributed by atoms with Gasteiger partial charge < -0.3 is 5.11 Å². The van der Waals surface area contributed by atoms with E-state index in [1.165, 1.54) is 22.7 Å². The summed E-state index contributed by atoms with van der Waals surface area (Å²) in [7, 11) is -0.180. The molecule has 1 aromatic heterocycles. The maximum atomic E-state index is 10.5. The zero-order chi connectivity index (χ0) is 17.1. The van der Waals surface area contributed by atoms with Crippen molar-refractivity contribution in [3.8, 4) is 5.75 Å². The summed E-state index contributed by atoms with van der Waals surface area (Å²) in [6.07, 6.45) is 1.14. The van der Waals surface area contributed by atoms with E-state index in [2.05, 4.69) is 59.1 Å². The van der Waals surface area contributed by atoms with Gasteiger partial charge in [-0.1, -0.05) is 45.9 Å². The summed E-state index contributed by atoms with van der Waals surface area (Å²) in [5.74, 6) is 1.25. The summed E-state index contributed by atoms with van der Waals surface area (Å²) in [6, 6.07) is 5.76. The summed E-state index contributed by atoms with van der Waals surface area (Å²) in [4.78, 5) is 0. The highest BCUT2D eigenvalue weighted by molar-refractivity contribution is 7.20. The number of rotatable bonds is 6. The van der Waals surface area contributed by atoms with Crippen molar-refractivity contribution in [3.63, 3.8) is 0 Å². The SMILES string of the molecule is Cc1csc([SiH2]CCc2cc(C(C)C)c(O)c(C(C)C)c2)c1C. The second kappa shape index (κ2) is 7.67. The van der Waals surface area contributed by atoms with E-state index < -0.39 is 0 Å². The van der Waals surface area contributed by atoms with Crippen molar-refractivity contribution in [2.24, 2.45) is 0 Å². The van der Waals surface area contributed by atoms with Gasteiger partial charge in [0.2, 0.25) is 0 Å². The fourth-order valence-corrected chi connectivity index (χ4v) is 6.57. The van der Waals surface area contributed by atoms with Crippen LogP contribution in [0.5, 0.6) is 5.75 Å². The minimum Gasteiger partial charge on any atom is -0.507 e.